The van der Waals surface area contributed by atoms with Crippen molar-refractivity contribution in [3.8, 4) is 11.5 Å². The first-order valence-corrected chi connectivity index (χ1v) is 12.3. The second-order valence-corrected chi connectivity index (χ2v) is 9.29. The van der Waals surface area contributed by atoms with Gasteiger partial charge in [-0.3, -0.25) is 9.69 Å². The van der Waals surface area contributed by atoms with E-state index in [1.807, 2.05) is 43.0 Å². The van der Waals surface area contributed by atoms with Gasteiger partial charge in [0, 0.05) is 55.5 Å². The van der Waals surface area contributed by atoms with E-state index in [0.29, 0.717) is 30.7 Å². The van der Waals surface area contributed by atoms with Crippen LogP contribution in [0.5, 0.6) is 11.5 Å². The summed E-state index contributed by atoms with van der Waals surface area (Å²) >= 11 is 0. The van der Waals surface area contributed by atoms with Crippen LogP contribution in [0.15, 0.2) is 48.0 Å². The number of amides is 1. The smallest absolute Gasteiger partial charge is 0.253 e. The molecular weight excluding hydrogens is 412 g/mol. The Morgan fingerprint density at radius 3 is 2.42 bits per heavy atom. The molecule has 3 aliphatic heterocycles. The number of rotatable bonds is 6. The highest BCUT2D eigenvalue weighted by Crippen LogP contribution is 2.49. The summed E-state index contributed by atoms with van der Waals surface area (Å²) in [7, 11) is 1.79. The Hall–Kier alpha value is -2.63. The normalized spacial score (nSPS) is 21.4. The second-order valence-electron chi connectivity index (χ2n) is 9.29. The van der Waals surface area contributed by atoms with Gasteiger partial charge in [0.25, 0.3) is 5.91 Å². The number of para-hydroxylation sites is 1. The van der Waals surface area contributed by atoms with Crippen LogP contribution >= 0.6 is 0 Å². The summed E-state index contributed by atoms with van der Waals surface area (Å²) < 4.78 is 11.7. The monoisotopic (exact) mass is 446 g/mol. The maximum absolute atomic E-state index is 13.0. The molecule has 0 N–H and O–H groups in total. The first kappa shape index (κ1) is 22.2. The van der Waals surface area contributed by atoms with Crippen LogP contribution in [-0.2, 0) is 4.74 Å². The molecule has 2 atom stereocenters. The predicted molar refractivity (Wildman–Crippen MR) is 131 cm³/mol. The minimum absolute atomic E-state index is 0.0592. The largest absolute Gasteiger partial charge is 0.456 e. The Morgan fingerprint density at radius 2 is 1.73 bits per heavy atom. The van der Waals surface area contributed by atoms with E-state index >= 15 is 0 Å². The first-order chi connectivity index (χ1) is 16.1. The van der Waals surface area contributed by atoms with Gasteiger partial charge in [-0.15, -0.1) is 0 Å². The molecule has 0 spiro atoms. The fraction of sp³-hybridized carbons (Fsp3) is 0.464. The van der Waals surface area contributed by atoms with Crippen molar-refractivity contribution in [3.63, 3.8) is 0 Å². The van der Waals surface area contributed by atoms with E-state index in [0.717, 1.165) is 43.1 Å². The molecule has 5 heteroatoms. The second kappa shape index (κ2) is 9.32. The molecule has 2 aromatic rings. The molecule has 2 unspecified atom stereocenters. The Bertz CT molecular complexity index is 1060. The van der Waals surface area contributed by atoms with Crippen molar-refractivity contribution in [2.75, 3.05) is 33.4 Å². The predicted octanol–water partition coefficient (Wildman–Crippen LogP) is 5.35. The lowest BCUT2D eigenvalue weighted by Gasteiger charge is -2.38. The van der Waals surface area contributed by atoms with Gasteiger partial charge in [-0.2, -0.15) is 0 Å². The van der Waals surface area contributed by atoms with E-state index in [-0.39, 0.29) is 5.91 Å². The standard InChI is InChI=1S/C28H34N2O3/c1-4-29(5-2)28(31)19-10-13-24-26(18-19)33-25-9-7-6-8-23(25)27(24)20-16-21-11-12-22(17-20)30(21)14-15-32-3/h6-10,13,18,21-22H,4-5,11-12,14-17H2,1-3H3. The highest BCUT2D eigenvalue weighted by molar-refractivity contribution is 5.97. The van der Waals surface area contributed by atoms with E-state index < -0.39 is 0 Å². The summed E-state index contributed by atoms with van der Waals surface area (Å²) in [5, 5.41) is 0. The minimum Gasteiger partial charge on any atom is -0.456 e. The summed E-state index contributed by atoms with van der Waals surface area (Å²) in [4.78, 5) is 17.5. The van der Waals surface area contributed by atoms with Crippen molar-refractivity contribution in [2.45, 2.75) is 51.6 Å². The van der Waals surface area contributed by atoms with E-state index in [1.165, 1.54) is 29.6 Å². The van der Waals surface area contributed by atoms with Crippen molar-refractivity contribution in [2.24, 2.45) is 0 Å². The molecule has 3 aliphatic rings. The maximum Gasteiger partial charge on any atom is 0.253 e. The van der Waals surface area contributed by atoms with Gasteiger partial charge < -0.3 is 14.4 Å². The fourth-order valence-corrected chi connectivity index (χ4v) is 5.92. The van der Waals surface area contributed by atoms with Crippen LogP contribution in [0, 0.1) is 0 Å². The average Bonchev–Trinajstić information content (AvgIpc) is 3.08. The van der Waals surface area contributed by atoms with Crippen LogP contribution in [0.1, 0.15) is 61.0 Å². The zero-order valence-electron chi connectivity index (χ0n) is 20.0. The lowest BCUT2D eigenvalue weighted by Crippen LogP contribution is -2.42. The number of nitrogens with zero attached hydrogens (tertiary/aromatic N) is 2. The molecule has 33 heavy (non-hydrogen) atoms. The van der Waals surface area contributed by atoms with Crippen molar-refractivity contribution in [1.29, 1.82) is 0 Å². The molecule has 1 amide bonds. The highest BCUT2D eigenvalue weighted by atomic mass is 16.5. The lowest BCUT2D eigenvalue weighted by atomic mass is 9.83. The van der Waals surface area contributed by atoms with Crippen molar-refractivity contribution < 1.29 is 14.3 Å². The van der Waals surface area contributed by atoms with Crippen LogP contribution in [0.4, 0.5) is 0 Å². The van der Waals surface area contributed by atoms with Crippen LogP contribution in [0.3, 0.4) is 0 Å². The van der Waals surface area contributed by atoms with Gasteiger partial charge in [0.2, 0.25) is 0 Å². The summed E-state index contributed by atoms with van der Waals surface area (Å²) in [6.07, 6.45) is 4.69. The number of methoxy groups -OCH3 is 1. The molecule has 2 aromatic carbocycles. The third-order valence-corrected chi connectivity index (χ3v) is 7.57. The SMILES string of the molecule is CCN(CC)C(=O)c1ccc2c(c1)Oc1ccccc1C2=C1CC2CCC(C1)N2CCOC. The molecule has 2 fully saturated rings. The number of benzene rings is 2. The molecular formula is C28H34N2O3. The third-order valence-electron chi connectivity index (χ3n) is 7.57. The summed E-state index contributed by atoms with van der Waals surface area (Å²) in [5.41, 5.74) is 5.82. The zero-order valence-corrected chi connectivity index (χ0v) is 20.0. The average molecular weight is 447 g/mol. The molecule has 5 rings (SSSR count). The molecule has 174 valence electrons. The van der Waals surface area contributed by atoms with Crippen molar-refractivity contribution in [1.82, 2.24) is 9.80 Å². The van der Waals surface area contributed by atoms with Gasteiger partial charge in [0.15, 0.2) is 0 Å². The molecule has 2 saturated heterocycles. The van der Waals surface area contributed by atoms with Crippen molar-refractivity contribution >= 4 is 11.5 Å². The van der Waals surface area contributed by atoms with Crippen LogP contribution in [-0.4, -0.2) is 61.1 Å². The van der Waals surface area contributed by atoms with Gasteiger partial charge >= 0.3 is 0 Å². The third kappa shape index (κ3) is 3.98. The quantitative estimate of drug-likeness (QED) is 0.512. The number of ether oxygens (including phenoxy) is 2. The van der Waals surface area contributed by atoms with Crippen LogP contribution in [0.25, 0.3) is 5.57 Å². The van der Waals surface area contributed by atoms with Gasteiger partial charge in [0.1, 0.15) is 11.5 Å². The van der Waals surface area contributed by atoms with Crippen LogP contribution in [0.2, 0.25) is 0 Å². The lowest BCUT2D eigenvalue weighted by molar-refractivity contribution is 0.0772. The van der Waals surface area contributed by atoms with E-state index in [1.54, 1.807) is 7.11 Å². The van der Waals surface area contributed by atoms with Gasteiger partial charge in [-0.1, -0.05) is 23.8 Å². The number of piperidine rings is 1. The Kier molecular flexibility index (Phi) is 6.26. The Morgan fingerprint density at radius 1 is 1.03 bits per heavy atom. The summed E-state index contributed by atoms with van der Waals surface area (Å²) in [6, 6.07) is 15.5. The fourth-order valence-electron chi connectivity index (χ4n) is 5.92. The summed E-state index contributed by atoms with van der Waals surface area (Å²) in [6.45, 7) is 7.25. The number of carbonyl (C=O) groups is 1. The van der Waals surface area contributed by atoms with E-state index in [9.17, 15) is 4.79 Å². The number of carbonyl (C=O) groups excluding carboxylic acids is 1. The van der Waals surface area contributed by atoms with Gasteiger partial charge in [-0.25, -0.2) is 0 Å². The van der Waals surface area contributed by atoms with Gasteiger partial charge in [0.05, 0.1) is 6.61 Å². The molecule has 0 aromatic heterocycles. The molecule has 5 nitrogen and oxygen atoms in total. The first-order valence-electron chi connectivity index (χ1n) is 12.3. The number of fused-ring (bicyclic) bond motifs is 4. The molecule has 3 heterocycles. The number of hydrogen-bond acceptors (Lipinski definition) is 4. The Balaban J connectivity index is 1.55. The maximum atomic E-state index is 13.0. The van der Waals surface area contributed by atoms with E-state index in [2.05, 4.69) is 23.1 Å². The molecule has 2 bridgehead atoms. The van der Waals surface area contributed by atoms with Gasteiger partial charge in [-0.05, 0) is 69.4 Å². The highest BCUT2D eigenvalue weighted by Gasteiger charge is 2.40. The van der Waals surface area contributed by atoms with Crippen LogP contribution < -0.4 is 4.74 Å². The number of hydrogen-bond donors (Lipinski definition) is 0. The Labute approximate surface area is 197 Å². The summed E-state index contributed by atoms with van der Waals surface area (Å²) in [5.74, 6) is 1.74. The molecule has 0 radical (unpaired) electrons. The van der Waals surface area contributed by atoms with E-state index in [4.69, 9.17) is 9.47 Å². The van der Waals surface area contributed by atoms with Crippen molar-refractivity contribution in [3.05, 3.63) is 64.7 Å². The molecule has 0 aliphatic carbocycles. The minimum atomic E-state index is 0.0592. The zero-order chi connectivity index (χ0) is 22.9. The molecule has 0 saturated carbocycles. The topological polar surface area (TPSA) is 42.0 Å².